The van der Waals surface area contributed by atoms with Crippen LogP contribution in [0.3, 0.4) is 0 Å². The van der Waals surface area contributed by atoms with Gasteiger partial charge in [0.15, 0.2) is 0 Å². The van der Waals surface area contributed by atoms with Crippen molar-refractivity contribution in [1.29, 1.82) is 5.26 Å². The maximum atomic E-state index is 15.1. The van der Waals surface area contributed by atoms with E-state index in [4.69, 9.17) is 20.5 Å². The molecule has 11 heteroatoms. The van der Waals surface area contributed by atoms with Crippen LogP contribution in [0.25, 0.3) is 16.8 Å². The van der Waals surface area contributed by atoms with Crippen LogP contribution in [0.1, 0.15) is 49.1 Å². The van der Waals surface area contributed by atoms with E-state index in [1.54, 1.807) is 30.7 Å². The lowest BCUT2D eigenvalue weighted by molar-refractivity contribution is -0.0198. The summed E-state index contributed by atoms with van der Waals surface area (Å²) < 4.78 is 42.9. The molecule has 1 saturated carbocycles. The topological polar surface area (TPSA) is 123 Å². The molecule has 4 unspecified atom stereocenters. The van der Waals surface area contributed by atoms with Crippen molar-refractivity contribution >= 4 is 17.2 Å². The van der Waals surface area contributed by atoms with Gasteiger partial charge >= 0.3 is 0 Å². The van der Waals surface area contributed by atoms with Gasteiger partial charge in [-0.05, 0) is 66.1 Å². The van der Waals surface area contributed by atoms with Crippen molar-refractivity contribution in [3.63, 3.8) is 0 Å². The summed E-state index contributed by atoms with van der Waals surface area (Å²) in [6.45, 7) is 3.42. The number of ether oxygens (including phenoxy) is 2. The number of rotatable bonds is 8. The fraction of sp³-hybridized carbons (Fsp3) is 0.400. The summed E-state index contributed by atoms with van der Waals surface area (Å²) >= 11 is 0. The van der Waals surface area contributed by atoms with Crippen LogP contribution in [0.15, 0.2) is 48.9 Å². The number of anilines is 2. The zero-order valence-electron chi connectivity index (χ0n) is 22.6. The quantitative estimate of drug-likeness (QED) is 0.287. The Morgan fingerprint density at radius 1 is 1.15 bits per heavy atom. The molecular weight excluding hydrogens is 528 g/mol. The van der Waals surface area contributed by atoms with Crippen molar-refractivity contribution < 1.29 is 18.3 Å². The number of fused-ring (bicyclic) bond motifs is 1. The van der Waals surface area contributed by atoms with E-state index in [-0.39, 0.29) is 41.2 Å². The molecule has 0 bridgehead atoms. The normalized spacial score (nSPS) is 22.8. The molecule has 1 aliphatic heterocycles. The van der Waals surface area contributed by atoms with Crippen molar-refractivity contribution in [3.8, 4) is 17.3 Å². The van der Waals surface area contributed by atoms with Crippen LogP contribution >= 0.6 is 0 Å². The Balaban J connectivity index is 1.26. The third-order valence-electron chi connectivity index (χ3n) is 8.08. The summed E-state index contributed by atoms with van der Waals surface area (Å²) in [5, 5.41) is 16.7. The van der Waals surface area contributed by atoms with Crippen molar-refractivity contribution in [2.24, 2.45) is 11.7 Å². The Bertz CT molecular complexity index is 1560. The molecule has 1 saturated heterocycles. The fourth-order valence-electron chi connectivity index (χ4n) is 5.94. The molecule has 1 aliphatic carbocycles. The second-order valence-electron chi connectivity index (χ2n) is 10.9. The van der Waals surface area contributed by atoms with Gasteiger partial charge in [0.2, 0.25) is 5.95 Å². The first-order chi connectivity index (χ1) is 19.9. The molecule has 1 aromatic carbocycles. The first kappa shape index (κ1) is 27.2. The van der Waals surface area contributed by atoms with Crippen LogP contribution in [0, 0.1) is 28.9 Å². The Morgan fingerprint density at radius 3 is 2.66 bits per heavy atom. The van der Waals surface area contributed by atoms with Gasteiger partial charge < -0.3 is 20.5 Å². The lowest BCUT2D eigenvalue weighted by Crippen LogP contribution is -2.46. The van der Waals surface area contributed by atoms with Gasteiger partial charge in [0.25, 0.3) is 0 Å². The SMILES string of the molecule is CC1CC(c2ccncc2Nc2ncc3ccc(-c4c(F)cc(C5COC5)cc4F)nn23)CC(N)C1OCCC#N. The van der Waals surface area contributed by atoms with Gasteiger partial charge in [-0.1, -0.05) is 6.92 Å². The number of nitrogens with two attached hydrogens (primary N) is 1. The standard InChI is InChI=1S/C30H31F2N7O2/c1-17-9-19(12-25(34)29(17)41-8-2-6-33)22-5-7-35-14-27(22)37-30-36-13-21-3-4-26(38-39(21)30)28-23(31)10-18(11-24(28)32)20-15-40-16-20/h3-5,7,10-11,13-14,17,19-20,25,29H,2,8-9,12,15-16,34H2,1H3,(H,36,37). The third kappa shape index (κ3) is 5.38. The minimum absolute atomic E-state index is 0.00490. The predicted molar refractivity (Wildman–Crippen MR) is 149 cm³/mol. The number of aromatic nitrogens is 4. The van der Waals surface area contributed by atoms with E-state index in [2.05, 4.69) is 33.4 Å². The van der Waals surface area contributed by atoms with E-state index in [9.17, 15) is 0 Å². The van der Waals surface area contributed by atoms with Gasteiger partial charge in [-0.15, -0.1) is 0 Å². The fourth-order valence-corrected chi connectivity index (χ4v) is 5.94. The molecule has 0 radical (unpaired) electrons. The van der Waals surface area contributed by atoms with E-state index in [1.807, 2.05) is 6.07 Å². The number of benzene rings is 1. The number of pyridine rings is 1. The minimum atomic E-state index is -0.666. The van der Waals surface area contributed by atoms with Gasteiger partial charge in [-0.3, -0.25) is 4.98 Å². The smallest absolute Gasteiger partial charge is 0.229 e. The Kier molecular flexibility index (Phi) is 7.62. The van der Waals surface area contributed by atoms with Gasteiger partial charge in [0.05, 0.1) is 73.3 Å². The van der Waals surface area contributed by atoms with Crippen LogP contribution in [-0.4, -0.2) is 51.5 Å². The molecule has 212 valence electrons. The average Bonchev–Trinajstić information content (AvgIpc) is 3.31. The zero-order valence-corrected chi connectivity index (χ0v) is 22.6. The van der Waals surface area contributed by atoms with Gasteiger partial charge in [-0.25, -0.2) is 13.8 Å². The summed E-state index contributed by atoms with van der Waals surface area (Å²) in [5.41, 5.74) is 9.55. The second kappa shape index (κ2) is 11.5. The van der Waals surface area contributed by atoms with Crippen LogP contribution in [0.5, 0.6) is 0 Å². The molecule has 41 heavy (non-hydrogen) atoms. The maximum absolute atomic E-state index is 15.1. The zero-order chi connectivity index (χ0) is 28.5. The minimum Gasteiger partial charge on any atom is -0.380 e. The van der Waals surface area contributed by atoms with Crippen molar-refractivity contribution in [3.05, 3.63) is 71.7 Å². The maximum Gasteiger partial charge on any atom is 0.229 e. The predicted octanol–water partition coefficient (Wildman–Crippen LogP) is 5.07. The van der Waals surface area contributed by atoms with Crippen molar-refractivity contribution in [2.45, 2.75) is 50.2 Å². The lowest BCUT2D eigenvalue weighted by atomic mass is 9.74. The number of nitrogens with one attached hydrogen (secondary N) is 1. The lowest BCUT2D eigenvalue weighted by Gasteiger charge is -2.39. The van der Waals surface area contributed by atoms with Crippen LogP contribution in [0.2, 0.25) is 0 Å². The summed E-state index contributed by atoms with van der Waals surface area (Å²) in [6, 6.07) is 9.94. The monoisotopic (exact) mass is 559 g/mol. The molecule has 4 atom stereocenters. The molecule has 3 aromatic heterocycles. The number of nitrogens with zero attached hydrogens (tertiary/aromatic N) is 5. The molecular formula is C30H31F2N7O2. The molecule has 2 aliphatic rings. The van der Waals surface area contributed by atoms with E-state index in [0.29, 0.717) is 49.7 Å². The van der Waals surface area contributed by atoms with Crippen LogP contribution in [-0.2, 0) is 9.47 Å². The number of imidazole rings is 1. The second-order valence-corrected chi connectivity index (χ2v) is 10.9. The van der Waals surface area contributed by atoms with Crippen molar-refractivity contribution in [2.75, 3.05) is 25.1 Å². The number of nitriles is 1. The Labute approximate surface area is 236 Å². The summed E-state index contributed by atoms with van der Waals surface area (Å²) in [6.07, 6.45) is 6.93. The number of hydrogen-bond donors (Lipinski definition) is 2. The summed E-state index contributed by atoms with van der Waals surface area (Å²) in [5.74, 6) is -0.579. The number of hydrogen-bond acceptors (Lipinski definition) is 8. The molecule has 0 amide bonds. The van der Waals surface area contributed by atoms with E-state index in [0.717, 1.165) is 17.7 Å². The largest absolute Gasteiger partial charge is 0.380 e. The van der Waals surface area contributed by atoms with E-state index < -0.39 is 11.6 Å². The molecule has 4 aromatic rings. The highest BCUT2D eigenvalue weighted by molar-refractivity contribution is 5.66. The van der Waals surface area contributed by atoms with E-state index in [1.165, 1.54) is 16.6 Å². The third-order valence-corrected chi connectivity index (χ3v) is 8.08. The summed E-state index contributed by atoms with van der Waals surface area (Å²) in [7, 11) is 0. The van der Waals surface area contributed by atoms with Crippen molar-refractivity contribution in [1.82, 2.24) is 19.6 Å². The van der Waals surface area contributed by atoms with Gasteiger partial charge in [-0.2, -0.15) is 14.9 Å². The van der Waals surface area contributed by atoms with Crippen LogP contribution in [0.4, 0.5) is 20.4 Å². The van der Waals surface area contributed by atoms with Gasteiger partial charge in [0, 0.05) is 18.2 Å². The first-order valence-electron chi connectivity index (χ1n) is 13.8. The Morgan fingerprint density at radius 2 is 1.95 bits per heavy atom. The number of halogens is 2. The van der Waals surface area contributed by atoms with E-state index >= 15 is 8.78 Å². The highest BCUT2D eigenvalue weighted by Gasteiger charge is 2.36. The molecule has 0 spiro atoms. The highest BCUT2D eigenvalue weighted by atomic mass is 19.1. The van der Waals surface area contributed by atoms with Gasteiger partial charge in [0.1, 0.15) is 11.6 Å². The average molecular weight is 560 g/mol. The van der Waals surface area contributed by atoms with Crippen LogP contribution < -0.4 is 11.1 Å². The molecule has 3 N–H and O–H groups in total. The summed E-state index contributed by atoms with van der Waals surface area (Å²) in [4.78, 5) is 8.80. The molecule has 2 fully saturated rings. The highest BCUT2D eigenvalue weighted by Crippen LogP contribution is 2.40. The first-order valence-corrected chi connectivity index (χ1v) is 13.8. The Hall–Kier alpha value is -3.98. The molecule has 6 rings (SSSR count). The molecule has 4 heterocycles. The molecule has 9 nitrogen and oxygen atoms in total.